The quantitative estimate of drug-likeness (QED) is 0.906. The molecule has 1 N–H and O–H groups in total. The molecule has 0 aromatic heterocycles. The van der Waals surface area contributed by atoms with Crippen LogP contribution in [0.25, 0.3) is 0 Å². The lowest BCUT2D eigenvalue weighted by Crippen LogP contribution is -2.47. The molecular formula is C17H24O4. The van der Waals surface area contributed by atoms with Gasteiger partial charge in [-0.05, 0) is 24.8 Å². The van der Waals surface area contributed by atoms with Crippen molar-refractivity contribution in [3.8, 4) is 0 Å². The molecule has 3 rings (SSSR count). The van der Waals surface area contributed by atoms with E-state index in [9.17, 15) is 0 Å². The van der Waals surface area contributed by atoms with Crippen LogP contribution in [-0.4, -0.2) is 36.3 Å². The number of hydrogen-bond acceptors (Lipinski definition) is 4. The highest BCUT2D eigenvalue weighted by molar-refractivity contribution is 5.13. The van der Waals surface area contributed by atoms with Crippen molar-refractivity contribution >= 4 is 0 Å². The second-order valence-corrected chi connectivity index (χ2v) is 5.91. The Hall–Kier alpha value is -0.940. The van der Waals surface area contributed by atoms with Crippen molar-refractivity contribution in [2.75, 3.05) is 13.2 Å². The fraction of sp³-hybridized carbons (Fsp3) is 0.647. The number of aliphatic hydroxyl groups is 1. The third-order valence-corrected chi connectivity index (χ3v) is 4.36. The molecule has 1 aliphatic carbocycles. The van der Waals surface area contributed by atoms with Crippen LogP contribution in [0, 0.1) is 0 Å². The van der Waals surface area contributed by atoms with E-state index in [2.05, 4.69) is 12.1 Å². The Labute approximate surface area is 126 Å². The monoisotopic (exact) mass is 292 g/mol. The van der Waals surface area contributed by atoms with Crippen LogP contribution >= 0.6 is 0 Å². The summed E-state index contributed by atoms with van der Waals surface area (Å²) in [5.74, 6) is -0.590. The number of aliphatic hydroxyl groups excluding tert-OH is 1. The van der Waals surface area contributed by atoms with Gasteiger partial charge in [0.25, 0.3) is 0 Å². The second kappa shape index (κ2) is 6.88. The Morgan fingerprint density at radius 2 is 2.10 bits per heavy atom. The van der Waals surface area contributed by atoms with Crippen LogP contribution < -0.4 is 0 Å². The molecule has 1 aromatic rings. The van der Waals surface area contributed by atoms with E-state index >= 15 is 0 Å². The first kappa shape index (κ1) is 15.0. The van der Waals surface area contributed by atoms with Crippen LogP contribution in [-0.2, 0) is 20.8 Å². The summed E-state index contributed by atoms with van der Waals surface area (Å²) in [5.41, 5.74) is 1.17. The average Bonchev–Trinajstić information content (AvgIpc) is 2.91. The van der Waals surface area contributed by atoms with Crippen LogP contribution in [0.3, 0.4) is 0 Å². The topological polar surface area (TPSA) is 47.9 Å². The summed E-state index contributed by atoms with van der Waals surface area (Å²) < 4.78 is 18.2. The molecule has 3 atom stereocenters. The van der Waals surface area contributed by atoms with E-state index in [-0.39, 0.29) is 18.8 Å². The fourth-order valence-corrected chi connectivity index (χ4v) is 3.23. The van der Waals surface area contributed by atoms with E-state index in [4.69, 9.17) is 19.3 Å². The van der Waals surface area contributed by atoms with Crippen molar-refractivity contribution < 1.29 is 19.3 Å². The minimum absolute atomic E-state index is 0.00377. The molecule has 0 radical (unpaired) electrons. The van der Waals surface area contributed by atoms with Crippen LogP contribution in [0.2, 0.25) is 0 Å². The largest absolute Gasteiger partial charge is 0.396 e. The molecule has 1 aliphatic heterocycles. The normalized spacial score (nSPS) is 32.6. The maximum atomic E-state index is 9.06. The molecule has 0 bridgehead atoms. The zero-order valence-electron chi connectivity index (χ0n) is 12.4. The van der Waals surface area contributed by atoms with Crippen LogP contribution in [0.15, 0.2) is 30.3 Å². The molecule has 1 heterocycles. The Kier molecular flexibility index (Phi) is 4.91. The molecule has 2 unspecified atom stereocenters. The smallest absolute Gasteiger partial charge is 0.195 e. The Morgan fingerprint density at radius 3 is 2.90 bits per heavy atom. The van der Waals surface area contributed by atoms with Gasteiger partial charge >= 0.3 is 0 Å². The number of benzene rings is 1. The van der Waals surface area contributed by atoms with Crippen molar-refractivity contribution in [2.24, 2.45) is 0 Å². The lowest BCUT2D eigenvalue weighted by molar-refractivity contribution is -0.259. The lowest BCUT2D eigenvalue weighted by Gasteiger charge is -2.39. The minimum Gasteiger partial charge on any atom is -0.396 e. The Morgan fingerprint density at radius 1 is 1.24 bits per heavy atom. The summed E-state index contributed by atoms with van der Waals surface area (Å²) >= 11 is 0. The standard InChI is InChI=1S/C17H24O4/c18-11-9-15-13-20-17(21-15)10-5-4-8-16(17)19-12-14-6-2-1-3-7-14/h1-3,6-7,15-16,18H,4-5,8-13H2/t15-,16?,17?/m1/s1. The summed E-state index contributed by atoms with van der Waals surface area (Å²) in [7, 11) is 0. The van der Waals surface area contributed by atoms with Gasteiger partial charge in [-0.2, -0.15) is 0 Å². The van der Waals surface area contributed by atoms with Gasteiger partial charge < -0.3 is 19.3 Å². The van der Waals surface area contributed by atoms with Gasteiger partial charge in [0, 0.05) is 13.0 Å². The fourth-order valence-electron chi connectivity index (χ4n) is 3.23. The summed E-state index contributed by atoms with van der Waals surface area (Å²) in [6, 6.07) is 10.2. The molecule has 4 nitrogen and oxygen atoms in total. The van der Waals surface area contributed by atoms with Gasteiger partial charge in [0.05, 0.1) is 19.3 Å². The van der Waals surface area contributed by atoms with Gasteiger partial charge in [0.15, 0.2) is 5.79 Å². The SMILES string of the molecule is OCC[C@@H]1COC2(CCCCC2OCc2ccccc2)O1. The number of hydrogen-bond donors (Lipinski definition) is 1. The third-order valence-electron chi connectivity index (χ3n) is 4.36. The van der Waals surface area contributed by atoms with Gasteiger partial charge in [-0.3, -0.25) is 0 Å². The van der Waals surface area contributed by atoms with Gasteiger partial charge in [-0.1, -0.05) is 36.8 Å². The van der Waals surface area contributed by atoms with E-state index in [1.807, 2.05) is 18.2 Å². The highest BCUT2D eigenvalue weighted by Crippen LogP contribution is 2.40. The molecule has 1 aromatic carbocycles. The predicted molar refractivity (Wildman–Crippen MR) is 78.7 cm³/mol. The Bertz CT molecular complexity index is 436. The van der Waals surface area contributed by atoms with Crippen molar-refractivity contribution in [2.45, 2.75) is 56.7 Å². The zero-order valence-corrected chi connectivity index (χ0v) is 12.4. The Balaban J connectivity index is 1.62. The van der Waals surface area contributed by atoms with E-state index < -0.39 is 5.79 Å². The van der Waals surface area contributed by atoms with Crippen molar-refractivity contribution in [3.63, 3.8) is 0 Å². The van der Waals surface area contributed by atoms with Gasteiger partial charge in [-0.15, -0.1) is 0 Å². The van der Waals surface area contributed by atoms with Crippen LogP contribution in [0.5, 0.6) is 0 Å². The molecule has 116 valence electrons. The summed E-state index contributed by atoms with van der Waals surface area (Å²) in [4.78, 5) is 0. The number of ether oxygens (including phenoxy) is 3. The maximum Gasteiger partial charge on any atom is 0.195 e. The minimum atomic E-state index is -0.590. The molecule has 1 spiro atoms. The molecule has 21 heavy (non-hydrogen) atoms. The first-order valence-electron chi connectivity index (χ1n) is 7.90. The molecule has 2 fully saturated rings. The summed E-state index contributed by atoms with van der Waals surface area (Å²) in [6.07, 6.45) is 4.72. The molecular weight excluding hydrogens is 268 g/mol. The first-order chi connectivity index (χ1) is 10.3. The van der Waals surface area contributed by atoms with E-state index in [1.165, 1.54) is 5.56 Å². The van der Waals surface area contributed by atoms with Crippen molar-refractivity contribution in [1.82, 2.24) is 0 Å². The second-order valence-electron chi connectivity index (χ2n) is 5.91. The summed E-state index contributed by atoms with van der Waals surface area (Å²) in [6.45, 7) is 1.29. The van der Waals surface area contributed by atoms with Crippen LogP contribution in [0.1, 0.15) is 37.7 Å². The maximum absolute atomic E-state index is 9.06. The zero-order chi connectivity index (χ0) is 14.5. The molecule has 2 aliphatic rings. The van der Waals surface area contributed by atoms with Gasteiger partial charge in [0.2, 0.25) is 0 Å². The molecule has 1 saturated heterocycles. The first-order valence-corrected chi connectivity index (χ1v) is 7.90. The molecule has 1 saturated carbocycles. The highest BCUT2D eigenvalue weighted by atomic mass is 16.8. The highest BCUT2D eigenvalue weighted by Gasteiger charge is 2.49. The van der Waals surface area contributed by atoms with Crippen molar-refractivity contribution in [3.05, 3.63) is 35.9 Å². The number of rotatable bonds is 5. The van der Waals surface area contributed by atoms with Gasteiger partial charge in [-0.25, -0.2) is 0 Å². The predicted octanol–water partition coefficient (Wildman–Crippen LogP) is 2.64. The van der Waals surface area contributed by atoms with Gasteiger partial charge in [0.1, 0.15) is 6.10 Å². The van der Waals surface area contributed by atoms with E-state index in [0.29, 0.717) is 19.6 Å². The third kappa shape index (κ3) is 3.46. The van der Waals surface area contributed by atoms with Crippen LogP contribution in [0.4, 0.5) is 0 Å². The van der Waals surface area contributed by atoms with E-state index in [1.54, 1.807) is 0 Å². The lowest BCUT2D eigenvalue weighted by atomic mass is 9.91. The summed E-state index contributed by atoms with van der Waals surface area (Å²) in [5, 5.41) is 9.06. The molecule has 0 amide bonds. The van der Waals surface area contributed by atoms with Crippen molar-refractivity contribution in [1.29, 1.82) is 0 Å². The van der Waals surface area contributed by atoms with E-state index in [0.717, 1.165) is 25.7 Å². The average molecular weight is 292 g/mol. The molecule has 4 heteroatoms.